The Morgan fingerprint density at radius 3 is 2.88 bits per heavy atom. The van der Waals surface area contributed by atoms with Crippen LogP contribution in [0.2, 0.25) is 0 Å². The molecule has 1 saturated heterocycles. The van der Waals surface area contributed by atoms with Gasteiger partial charge in [0.05, 0.1) is 6.61 Å². The summed E-state index contributed by atoms with van der Waals surface area (Å²) < 4.78 is 10.7. The highest BCUT2D eigenvalue weighted by atomic mass is 16.5. The van der Waals surface area contributed by atoms with Gasteiger partial charge >= 0.3 is 0 Å². The second-order valence-corrected chi connectivity index (χ2v) is 4.37. The minimum Gasteiger partial charge on any atom is -0.378 e. The Hall–Kier alpha value is -0.650. The number of ether oxygens (including phenoxy) is 2. The molecule has 1 heterocycles. The molecule has 0 bridgehead atoms. The third-order valence-corrected chi connectivity index (χ3v) is 3.04. The second-order valence-electron chi connectivity index (χ2n) is 4.37. The molecule has 0 aromatic carbocycles. The largest absolute Gasteiger partial charge is 0.378 e. The lowest BCUT2D eigenvalue weighted by molar-refractivity contribution is -0.126. The van der Waals surface area contributed by atoms with E-state index in [0.717, 1.165) is 6.42 Å². The van der Waals surface area contributed by atoms with Crippen LogP contribution in [-0.4, -0.2) is 52.0 Å². The van der Waals surface area contributed by atoms with E-state index in [9.17, 15) is 4.79 Å². The lowest BCUT2D eigenvalue weighted by Crippen LogP contribution is -2.47. The van der Waals surface area contributed by atoms with Crippen LogP contribution in [0, 0.1) is 5.92 Å². The number of rotatable bonds is 6. The van der Waals surface area contributed by atoms with Gasteiger partial charge in [0, 0.05) is 39.1 Å². The van der Waals surface area contributed by atoms with Crippen molar-refractivity contribution in [1.82, 2.24) is 10.6 Å². The molecule has 2 atom stereocenters. The molecule has 0 spiro atoms. The second kappa shape index (κ2) is 6.18. The van der Waals surface area contributed by atoms with Crippen LogP contribution in [0.4, 0.5) is 0 Å². The standard InChI is InChI=1S/C11H22N2O3/c1-9(6-12-2)10(14)13-7-11(15-3)4-5-16-8-11/h9,12H,4-8H2,1-3H3,(H,13,14). The number of carbonyl (C=O) groups excluding carboxylic acids is 1. The summed E-state index contributed by atoms with van der Waals surface area (Å²) >= 11 is 0. The Morgan fingerprint density at radius 1 is 1.62 bits per heavy atom. The number of carbonyl (C=O) groups is 1. The highest BCUT2D eigenvalue weighted by molar-refractivity contribution is 5.78. The molecule has 1 rings (SSSR count). The van der Waals surface area contributed by atoms with Crippen molar-refractivity contribution in [3.05, 3.63) is 0 Å². The Morgan fingerprint density at radius 2 is 2.38 bits per heavy atom. The summed E-state index contributed by atoms with van der Waals surface area (Å²) in [6.45, 7) is 4.37. The van der Waals surface area contributed by atoms with Crippen molar-refractivity contribution in [1.29, 1.82) is 0 Å². The summed E-state index contributed by atoms with van der Waals surface area (Å²) in [4.78, 5) is 11.7. The van der Waals surface area contributed by atoms with Gasteiger partial charge in [0.25, 0.3) is 0 Å². The molecule has 2 N–H and O–H groups in total. The molecule has 1 aliphatic rings. The third-order valence-electron chi connectivity index (χ3n) is 3.04. The first-order chi connectivity index (χ1) is 7.63. The van der Waals surface area contributed by atoms with Crippen LogP contribution in [0.5, 0.6) is 0 Å². The molecule has 1 amide bonds. The van der Waals surface area contributed by atoms with Crippen LogP contribution in [0.3, 0.4) is 0 Å². The van der Waals surface area contributed by atoms with Gasteiger partial charge in [0.2, 0.25) is 5.91 Å². The smallest absolute Gasteiger partial charge is 0.224 e. The zero-order valence-corrected chi connectivity index (χ0v) is 10.3. The molecule has 5 nitrogen and oxygen atoms in total. The first-order valence-corrected chi connectivity index (χ1v) is 5.69. The number of amides is 1. The molecular formula is C11H22N2O3. The van der Waals surface area contributed by atoms with Crippen molar-refractivity contribution in [2.24, 2.45) is 5.92 Å². The van der Waals surface area contributed by atoms with Crippen molar-refractivity contribution < 1.29 is 14.3 Å². The first-order valence-electron chi connectivity index (χ1n) is 5.69. The summed E-state index contributed by atoms with van der Waals surface area (Å²) in [6.07, 6.45) is 0.837. The van der Waals surface area contributed by atoms with E-state index in [2.05, 4.69) is 10.6 Å². The summed E-state index contributed by atoms with van der Waals surface area (Å²) in [5.41, 5.74) is -0.324. The maximum Gasteiger partial charge on any atom is 0.224 e. The van der Waals surface area contributed by atoms with Gasteiger partial charge in [-0.2, -0.15) is 0 Å². The lowest BCUT2D eigenvalue weighted by Gasteiger charge is -2.26. The minimum absolute atomic E-state index is 0.0266. The molecule has 2 unspecified atom stereocenters. The Labute approximate surface area is 96.9 Å². The van der Waals surface area contributed by atoms with Gasteiger partial charge in [-0.1, -0.05) is 6.92 Å². The van der Waals surface area contributed by atoms with E-state index >= 15 is 0 Å². The molecule has 5 heteroatoms. The van der Waals surface area contributed by atoms with E-state index in [4.69, 9.17) is 9.47 Å². The van der Waals surface area contributed by atoms with E-state index in [-0.39, 0.29) is 17.4 Å². The van der Waals surface area contributed by atoms with Gasteiger partial charge in [-0.05, 0) is 7.05 Å². The highest BCUT2D eigenvalue weighted by Crippen LogP contribution is 2.21. The molecule has 0 radical (unpaired) electrons. The fourth-order valence-electron chi connectivity index (χ4n) is 1.78. The van der Waals surface area contributed by atoms with Gasteiger partial charge in [0.15, 0.2) is 0 Å². The zero-order valence-electron chi connectivity index (χ0n) is 10.3. The predicted octanol–water partition coefficient (Wildman–Crippen LogP) is -0.236. The van der Waals surface area contributed by atoms with Crippen LogP contribution >= 0.6 is 0 Å². The lowest BCUT2D eigenvalue weighted by atomic mass is 10.0. The quantitative estimate of drug-likeness (QED) is 0.661. The fraction of sp³-hybridized carbons (Fsp3) is 0.909. The van der Waals surface area contributed by atoms with E-state index in [1.54, 1.807) is 7.11 Å². The topological polar surface area (TPSA) is 59.6 Å². The van der Waals surface area contributed by atoms with Crippen molar-refractivity contribution >= 4 is 5.91 Å². The first kappa shape index (κ1) is 13.4. The highest BCUT2D eigenvalue weighted by Gasteiger charge is 2.35. The molecule has 1 fully saturated rings. The van der Waals surface area contributed by atoms with Crippen LogP contribution in [-0.2, 0) is 14.3 Å². The molecule has 0 saturated carbocycles. The number of methoxy groups -OCH3 is 1. The zero-order chi connectivity index (χ0) is 12.0. The molecule has 1 aliphatic heterocycles. The number of hydrogen-bond donors (Lipinski definition) is 2. The Kier molecular flexibility index (Phi) is 5.18. The average molecular weight is 230 g/mol. The summed E-state index contributed by atoms with van der Waals surface area (Å²) in [6, 6.07) is 0. The van der Waals surface area contributed by atoms with Gasteiger partial charge < -0.3 is 20.1 Å². The van der Waals surface area contributed by atoms with Crippen LogP contribution < -0.4 is 10.6 Å². The molecule has 0 aromatic rings. The normalized spacial score (nSPS) is 26.7. The van der Waals surface area contributed by atoms with Crippen molar-refractivity contribution in [3.8, 4) is 0 Å². The summed E-state index contributed by atoms with van der Waals surface area (Å²) in [5, 5.41) is 5.90. The van der Waals surface area contributed by atoms with Crippen LogP contribution in [0.25, 0.3) is 0 Å². The van der Waals surface area contributed by atoms with Gasteiger partial charge in [-0.25, -0.2) is 0 Å². The average Bonchev–Trinajstić information content (AvgIpc) is 2.75. The number of hydrogen-bond acceptors (Lipinski definition) is 4. The Balaban J connectivity index is 2.35. The van der Waals surface area contributed by atoms with Crippen LogP contribution in [0.15, 0.2) is 0 Å². The summed E-state index contributed by atoms with van der Waals surface area (Å²) in [7, 11) is 3.50. The summed E-state index contributed by atoms with van der Waals surface area (Å²) in [5.74, 6) is 0.0268. The van der Waals surface area contributed by atoms with E-state index < -0.39 is 0 Å². The molecule has 0 aromatic heterocycles. The van der Waals surface area contributed by atoms with E-state index in [1.807, 2.05) is 14.0 Å². The monoisotopic (exact) mass is 230 g/mol. The molecular weight excluding hydrogens is 208 g/mol. The maximum atomic E-state index is 11.7. The maximum absolute atomic E-state index is 11.7. The minimum atomic E-state index is -0.324. The van der Waals surface area contributed by atoms with E-state index in [0.29, 0.717) is 26.3 Å². The fourth-order valence-corrected chi connectivity index (χ4v) is 1.78. The molecule has 16 heavy (non-hydrogen) atoms. The molecule has 0 aliphatic carbocycles. The van der Waals surface area contributed by atoms with Crippen molar-refractivity contribution in [2.75, 3.05) is 40.5 Å². The Bertz CT molecular complexity index is 227. The number of nitrogens with one attached hydrogen (secondary N) is 2. The third kappa shape index (κ3) is 3.43. The SMILES string of the molecule is CNCC(C)C(=O)NCC1(OC)CCOC1. The van der Waals surface area contributed by atoms with Crippen LogP contribution in [0.1, 0.15) is 13.3 Å². The van der Waals surface area contributed by atoms with Crippen molar-refractivity contribution in [3.63, 3.8) is 0 Å². The van der Waals surface area contributed by atoms with Crippen molar-refractivity contribution in [2.45, 2.75) is 18.9 Å². The van der Waals surface area contributed by atoms with Gasteiger partial charge in [-0.15, -0.1) is 0 Å². The molecule has 94 valence electrons. The van der Waals surface area contributed by atoms with Gasteiger partial charge in [-0.3, -0.25) is 4.79 Å². The van der Waals surface area contributed by atoms with E-state index in [1.165, 1.54) is 0 Å². The van der Waals surface area contributed by atoms with Gasteiger partial charge in [0.1, 0.15) is 5.60 Å². The predicted molar refractivity (Wildman–Crippen MR) is 61.3 cm³/mol.